The molecule has 0 aliphatic carbocycles. The number of amides is 2. The van der Waals surface area contributed by atoms with Gasteiger partial charge in [-0.1, -0.05) is 78.9 Å². The molecule has 3 aliphatic rings. The highest BCUT2D eigenvalue weighted by atomic mass is 16.6. The van der Waals surface area contributed by atoms with Crippen LogP contribution in [0, 0.1) is 0 Å². The minimum Gasteiger partial charge on any atom is -0.491 e. The van der Waals surface area contributed by atoms with Gasteiger partial charge in [0.1, 0.15) is 35.2 Å². The van der Waals surface area contributed by atoms with Crippen LogP contribution >= 0.6 is 0 Å². The van der Waals surface area contributed by atoms with Crippen LogP contribution in [0.1, 0.15) is 43.9 Å². The summed E-state index contributed by atoms with van der Waals surface area (Å²) in [6, 6.07) is 32.3. The fourth-order valence-electron chi connectivity index (χ4n) is 6.63. The number of nitrogens with zero attached hydrogens (tertiary/aromatic N) is 2. The van der Waals surface area contributed by atoms with Gasteiger partial charge in [0.25, 0.3) is 0 Å². The van der Waals surface area contributed by atoms with Crippen LogP contribution in [0.25, 0.3) is 11.1 Å². The van der Waals surface area contributed by atoms with E-state index in [4.69, 9.17) is 14.2 Å². The van der Waals surface area contributed by atoms with Crippen LogP contribution in [0.3, 0.4) is 0 Å². The Hall–Kier alpha value is -4.78. The maximum Gasteiger partial charge on any atom is 0.410 e. The van der Waals surface area contributed by atoms with Crippen LogP contribution in [-0.2, 0) is 21.5 Å². The second-order valence-electron chi connectivity index (χ2n) is 12.7. The van der Waals surface area contributed by atoms with Crippen molar-refractivity contribution in [2.45, 2.75) is 50.9 Å². The summed E-state index contributed by atoms with van der Waals surface area (Å²) >= 11 is 0. The molecule has 3 aliphatic heterocycles. The quantitative estimate of drug-likeness (QED) is 0.252. The van der Waals surface area contributed by atoms with Gasteiger partial charge in [-0.2, -0.15) is 0 Å². The zero-order chi connectivity index (χ0) is 30.5. The van der Waals surface area contributed by atoms with Crippen molar-refractivity contribution in [3.63, 3.8) is 0 Å². The Labute approximate surface area is 258 Å². The van der Waals surface area contributed by atoms with Crippen molar-refractivity contribution in [1.29, 1.82) is 0 Å². The van der Waals surface area contributed by atoms with E-state index >= 15 is 0 Å². The van der Waals surface area contributed by atoms with E-state index in [0.717, 1.165) is 33.5 Å². The van der Waals surface area contributed by atoms with Crippen LogP contribution < -0.4 is 14.4 Å². The molecule has 0 N–H and O–H groups in total. The smallest absolute Gasteiger partial charge is 0.410 e. The van der Waals surface area contributed by atoms with Gasteiger partial charge in [-0.25, -0.2) is 4.79 Å². The third-order valence-corrected chi connectivity index (χ3v) is 8.65. The highest BCUT2D eigenvalue weighted by Crippen LogP contribution is 2.53. The standard InChI is InChI=1S/C37H36N2O5/c1-36(2,3)44-35(41)38-20-19-28(23-38)43-27-17-18-31-33(21-27)42-24-37(31)30-15-9-10-16-32(30)39(34(37)40)22-26-13-7-8-14-29(26)25-11-5-4-6-12-25/h4-18,21,28H,19-20,22-24H2,1-3H3/t28-,37?/m0/s1. The van der Waals surface area contributed by atoms with Crippen LogP contribution in [0.4, 0.5) is 10.5 Å². The van der Waals surface area contributed by atoms with Crippen molar-refractivity contribution in [1.82, 2.24) is 4.90 Å². The molecule has 0 radical (unpaired) electrons. The van der Waals surface area contributed by atoms with Gasteiger partial charge in [-0.05, 0) is 55.2 Å². The summed E-state index contributed by atoms with van der Waals surface area (Å²) in [5, 5.41) is 0. The number of para-hydroxylation sites is 1. The van der Waals surface area contributed by atoms with Crippen molar-refractivity contribution in [2.24, 2.45) is 0 Å². The number of rotatable bonds is 5. The van der Waals surface area contributed by atoms with Crippen LogP contribution in [0.2, 0.25) is 0 Å². The molecule has 7 nitrogen and oxygen atoms in total. The Kier molecular flexibility index (Phi) is 6.84. The monoisotopic (exact) mass is 588 g/mol. The summed E-state index contributed by atoms with van der Waals surface area (Å²) in [5.41, 5.74) is 4.57. The summed E-state index contributed by atoms with van der Waals surface area (Å²) in [5.74, 6) is 1.32. The lowest BCUT2D eigenvalue weighted by molar-refractivity contribution is -0.122. The molecule has 4 aromatic carbocycles. The molecule has 7 rings (SSSR count). The van der Waals surface area contributed by atoms with Gasteiger partial charge in [0.15, 0.2) is 0 Å². The van der Waals surface area contributed by atoms with E-state index in [-0.39, 0.29) is 24.7 Å². The second kappa shape index (κ2) is 10.7. The fraction of sp³-hybridized carbons (Fsp3) is 0.297. The first-order valence-corrected chi connectivity index (χ1v) is 15.2. The second-order valence-corrected chi connectivity index (χ2v) is 12.7. The number of hydrogen-bond acceptors (Lipinski definition) is 5. The van der Waals surface area contributed by atoms with E-state index in [2.05, 4.69) is 24.3 Å². The third kappa shape index (κ3) is 4.86. The molecule has 3 heterocycles. The zero-order valence-corrected chi connectivity index (χ0v) is 25.3. The lowest BCUT2D eigenvalue weighted by Gasteiger charge is -2.24. The average molecular weight is 589 g/mol. The third-order valence-electron chi connectivity index (χ3n) is 8.65. The van der Waals surface area contributed by atoms with E-state index in [9.17, 15) is 9.59 Å². The summed E-state index contributed by atoms with van der Waals surface area (Å²) in [6.07, 6.45) is 0.244. The molecule has 0 saturated carbocycles. The normalized spacial score (nSPS) is 20.4. The van der Waals surface area contributed by atoms with E-state index in [1.54, 1.807) is 4.90 Å². The van der Waals surface area contributed by atoms with Gasteiger partial charge >= 0.3 is 6.09 Å². The Morgan fingerprint density at radius 3 is 2.50 bits per heavy atom. The average Bonchev–Trinajstić information content (AvgIpc) is 3.70. The Morgan fingerprint density at radius 2 is 1.68 bits per heavy atom. The molecular formula is C37H36N2O5. The molecule has 1 unspecified atom stereocenters. The first-order valence-electron chi connectivity index (χ1n) is 15.2. The highest BCUT2D eigenvalue weighted by molar-refractivity contribution is 6.11. The minimum absolute atomic E-state index is 0.0118. The van der Waals surface area contributed by atoms with E-state index in [1.165, 1.54) is 0 Å². The fourth-order valence-corrected chi connectivity index (χ4v) is 6.63. The van der Waals surface area contributed by atoms with Crippen molar-refractivity contribution < 1.29 is 23.8 Å². The summed E-state index contributed by atoms with van der Waals surface area (Å²) in [7, 11) is 0. The van der Waals surface area contributed by atoms with Gasteiger partial charge in [0.2, 0.25) is 5.91 Å². The summed E-state index contributed by atoms with van der Waals surface area (Å²) in [6.45, 7) is 7.32. The number of fused-ring (bicyclic) bond motifs is 4. The van der Waals surface area contributed by atoms with E-state index in [1.807, 2.05) is 98.5 Å². The van der Waals surface area contributed by atoms with Gasteiger partial charge in [-0.15, -0.1) is 0 Å². The first kappa shape index (κ1) is 28.0. The van der Waals surface area contributed by atoms with Gasteiger partial charge < -0.3 is 24.0 Å². The number of hydrogen-bond donors (Lipinski definition) is 0. The predicted molar refractivity (Wildman–Crippen MR) is 169 cm³/mol. The highest BCUT2D eigenvalue weighted by Gasteiger charge is 2.56. The molecular weight excluding hydrogens is 552 g/mol. The minimum atomic E-state index is -0.924. The molecule has 1 fully saturated rings. The van der Waals surface area contributed by atoms with E-state index in [0.29, 0.717) is 37.6 Å². The van der Waals surface area contributed by atoms with Crippen molar-refractivity contribution in [3.8, 4) is 22.6 Å². The zero-order valence-electron chi connectivity index (χ0n) is 25.3. The molecule has 0 bridgehead atoms. The summed E-state index contributed by atoms with van der Waals surface area (Å²) in [4.78, 5) is 30.6. The maximum absolute atomic E-state index is 14.5. The lowest BCUT2D eigenvalue weighted by atomic mass is 9.77. The Morgan fingerprint density at radius 1 is 0.932 bits per heavy atom. The number of ether oxygens (including phenoxy) is 3. The largest absolute Gasteiger partial charge is 0.491 e. The maximum atomic E-state index is 14.5. The van der Waals surface area contributed by atoms with Crippen molar-refractivity contribution in [3.05, 3.63) is 114 Å². The molecule has 1 spiro atoms. The van der Waals surface area contributed by atoms with Gasteiger partial charge in [0, 0.05) is 30.3 Å². The molecule has 4 aromatic rings. The van der Waals surface area contributed by atoms with E-state index < -0.39 is 11.0 Å². The lowest BCUT2D eigenvalue weighted by Crippen LogP contribution is -2.42. The predicted octanol–water partition coefficient (Wildman–Crippen LogP) is 6.97. The molecule has 7 heteroatoms. The molecule has 2 amide bonds. The molecule has 2 atom stereocenters. The number of anilines is 1. The number of likely N-dealkylation sites (tertiary alicyclic amines) is 1. The topological polar surface area (TPSA) is 68.3 Å². The van der Waals surface area contributed by atoms with Gasteiger partial charge in [-0.3, -0.25) is 4.79 Å². The van der Waals surface area contributed by atoms with Crippen molar-refractivity contribution >= 4 is 17.7 Å². The molecule has 1 saturated heterocycles. The number of carbonyl (C=O) groups excluding carboxylic acids is 2. The molecule has 224 valence electrons. The SMILES string of the molecule is CC(C)(C)OC(=O)N1CC[C@H](Oc2ccc3c(c2)OCC32C(=O)N(Cc3ccccc3-c3ccccc3)c3ccccc32)C1. The van der Waals surface area contributed by atoms with Crippen molar-refractivity contribution in [2.75, 3.05) is 24.6 Å². The number of benzene rings is 4. The Bertz CT molecular complexity index is 1730. The van der Waals surface area contributed by atoms with Gasteiger partial charge in [0.05, 0.1) is 13.1 Å². The molecule has 0 aromatic heterocycles. The van der Waals surface area contributed by atoms with Crippen LogP contribution in [0.5, 0.6) is 11.5 Å². The first-order chi connectivity index (χ1) is 21.2. The van der Waals surface area contributed by atoms with Crippen LogP contribution in [0.15, 0.2) is 97.1 Å². The number of carbonyl (C=O) groups is 2. The van der Waals surface area contributed by atoms with Crippen LogP contribution in [-0.4, -0.2) is 48.3 Å². The summed E-state index contributed by atoms with van der Waals surface area (Å²) < 4.78 is 18.1. The Balaban J connectivity index is 1.14. The molecule has 44 heavy (non-hydrogen) atoms.